The van der Waals surface area contributed by atoms with Crippen molar-refractivity contribution in [2.75, 3.05) is 27.2 Å². The van der Waals surface area contributed by atoms with Gasteiger partial charge in [0.2, 0.25) is 5.91 Å². The van der Waals surface area contributed by atoms with Gasteiger partial charge in [-0.1, -0.05) is 82.7 Å². The maximum absolute atomic E-state index is 13.4. The third-order valence-electron chi connectivity index (χ3n) is 7.21. The van der Waals surface area contributed by atoms with Gasteiger partial charge in [0.1, 0.15) is 5.82 Å². The van der Waals surface area contributed by atoms with E-state index < -0.39 is 0 Å². The number of hydrogen-bond acceptors (Lipinski definition) is 4. The summed E-state index contributed by atoms with van der Waals surface area (Å²) < 4.78 is 1.68. The molecule has 0 aliphatic carbocycles. The van der Waals surface area contributed by atoms with Crippen molar-refractivity contribution in [1.29, 1.82) is 0 Å². The van der Waals surface area contributed by atoms with Crippen molar-refractivity contribution in [2.45, 2.75) is 110 Å². The van der Waals surface area contributed by atoms with E-state index >= 15 is 0 Å². The van der Waals surface area contributed by atoms with E-state index in [0.717, 1.165) is 19.4 Å². The Labute approximate surface area is 229 Å². The number of carbonyl (C=O) groups excluding carboxylic acids is 1. The Morgan fingerprint density at radius 3 is 2.11 bits per heavy atom. The predicted molar refractivity (Wildman–Crippen MR) is 156 cm³/mol. The minimum Gasteiger partial charge on any atom is -0.332 e. The summed E-state index contributed by atoms with van der Waals surface area (Å²) in [7, 11) is 4.02. The molecule has 0 aliphatic heterocycles. The van der Waals surface area contributed by atoms with Gasteiger partial charge >= 0.3 is 0 Å². The van der Waals surface area contributed by atoms with Gasteiger partial charge in [-0.05, 0) is 52.6 Å². The summed E-state index contributed by atoms with van der Waals surface area (Å²) in [6, 6.07) is 4.91. The molecule has 0 saturated heterocycles. The number of halogens is 1. The molecule has 0 saturated carbocycles. The standard InChI is InChI=1S/C30H49ClN4O2/c1-6-8-9-10-11-12-13-14-15-16-17-18-28(36)35(22-21-33(4)5)24(3)29-32-27-20-19-25(31)23-26(27)30(37)34(29)7-2/h19-20,23-24H,6-18,21-22H2,1-5H3. The highest BCUT2D eigenvalue weighted by Crippen LogP contribution is 2.23. The molecule has 37 heavy (non-hydrogen) atoms. The minimum absolute atomic E-state index is 0.109. The largest absolute Gasteiger partial charge is 0.332 e. The van der Waals surface area contributed by atoms with Crippen LogP contribution in [0.15, 0.2) is 23.0 Å². The number of aromatic nitrogens is 2. The summed E-state index contributed by atoms with van der Waals surface area (Å²) in [5, 5.41) is 1.03. The lowest BCUT2D eigenvalue weighted by Crippen LogP contribution is -2.41. The summed E-state index contributed by atoms with van der Waals surface area (Å²) in [4.78, 5) is 35.5. The van der Waals surface area contributed by atoms with E-state index in [1.807, 2.05) is 32.8 Å². The van der Waals surface area contributed by atoms with Crippen molar-refractivity contribution in [3.8, 4) is 0 Å². The number of hydrogen-bond donors (Lipinski definition) is 0. The number of unbranched alkanes of at least 4 members (excludes halogenated alkanes) is 10. The number of carbonyl (C=O) groups is 1. The van der Waals surface area contributed by atoms with Gasteiger partial charge in [0.05, 0.1) is 16.9 Å². The van der Waals surface area contributed by atoms with Gasteiger partial charge in [-0.2, -0.15) is 0 Å². The van der Waals surface area contributed by atoms with Crippen molar-refractivity contribution in [3.63, 3.8) is 0 Å². The number of amides is 1. The van der Waals surface area contributed by atoms with E-state index in [1.54, 1.807) is 22.8 Å². The Kier molecular flexibility index (Phi) is 14.2. The van der Waals surface area contributed by atoms with Gasteiger partial charge < -0.3 is 9.80 Å². The van der Waals surface area contributed by atoms with Crippen LogP contribution >= 0.6 is 11.6 Å². The zero-order valence-electron chi connectivity index (χ0n) is 23.9. The van der Waals surface area contributed by atoms with Crippen LogP contribution in [0.3, 0.4) is 0 Å². The Morgan fingerprint density at radius 2 is 1.54 bits per heavy atom. The van der Waals surface area contributed by atoms with Gasteiger partial charge in [-0.3, -0.25) is 14.2 Å². The topological polar surface area (TPSA) is 58.4 Å². The van der Waals surface area contributed by atoms with Crippen molar-refractivity contribution in [1.82, 2.24) is 19.4 Å². The Morgan fingerprint density at radius 1 is 0.946 bits per heavy atom. The van der Waals surface area contributed by atoms with E-state index in [1.165, 1.54) is 57.8 Å². The fourth-order valence-corrected chi connectivity index (χ4v) is 5.07. The smallest absolute Gasteiger partial charge is 0.261 e. The van der Waals surface area contributed by atoms with Crippen molar-refractivity contribution >= 4 is 28.4 Å². The van der Waals surface area contributed by atoms with Gasteiger partial charge in [0, 0.05) is 31.1 Å². The highest BCUT2D eigenvalue weighted by Gasteiger charge is 2.25. The summed E-state index contributed by atoms with van der Waals surface area (Å²) in [5.74, 6) is 0.770. The van der Waals surface area contributed by atoms with E-state index in [4.69, 9.17) is 16.6 Å². The van der Waals surface area contributed by atoms with E-state index in [2.05, 4.69) is 11.8 Å². The lowest BCUT2D eigenvalue weighted by Gasteiger charge is -2.31. The average Bonchev–Trinajstić information content (AvgIpc) is 2.87. The van der Waals surface area contributed by atoms with E-state index in [0.29, 0.717) is 41.3 Å². The van der Waals surface area contributed by atoms with Crippen LogP contribution in [0.5, 0.6) is 0 Å². The molecule has 0 radical (unpaired) electrons. The molecule has 1 atom stereocenters. The zero-order valence-corrected chi connectivity index (χ0v) is 24.7. The monoisotopic (exact) mass is 532 g/mol. The van der Waals surface area contributed by atoms with E-state index in [9.17, 15) is 9.59 Å². The second kappa shape index (κ2) is 16.8. The third kappa shape index (κ3) is 10.0. The second-order valence-corrected chi connectivity index (χ2v) is 11.0. The molecule has 0 fully saturated rings. The average molecular weight is 533 g/mol. The number of rotatable bonds is 18. The molecule has 1 unspecified atom stereocenters. The molecule has 0 N–H and O–H groups in total. The molecule has 1 aromatic heterocycles. The number of nitrogens with zero attached hydrogens (tertiary/aromatic N) is 4. The van der Waals surface area contributed by atoms with Gasteiger partial charge in [-0.25, -0.2) is 4.98 Å². The van der Waals surface area contributed by atoms with E-state index in [-0.39, 0.29) is 17.5 Å². The normalized spacial score (nSPS) is 12.4. The molecule has 208 valence electrons. The predicted octanol–water partition coefficient (Wildman–Crippen LogP) is 7.22. The van der Waals surface area contributed by atoms with Crippen molar-refractivity contribution < 1.29 is 4.79 Å². The van der Waals surface area contributed by atoms with Crippen molar-refractivity contribution in [3.05, 3.63) is 39.4 Å². The van der Waals surface area contributed by atoms with Crippen molar-refractivity contribution in [2.24, 2.45) is 0 Å². The molecule has 0 spiro atoms. The molecular formula is C30H49ClN4O2. The van der Waals surface area contributed by atoms with Crippen LogP contribution in [0.4, 0.5) is 0 Å². The summed E-state index contributed by atoms with van der Waals surface area (Å²) in [5.41, 5.74) is 0.508. The molecule has 1 aromatic carbocycles. The maximum Gasteiger partial charge on any atom is 0.261 e. The molecule has 2 aromatic rings. The Bertz CT molecular complexity index is 1020. The fourth-order valence-electron chi connectivity index (χ4n) is 4.90. The Balaban J connectivity index is 2.00. The van der Waals surface area contributed by atoms with Crippen LogP contribution < -0.4 is 5.56 Å². The second-order valence-electron chi connectivity index (χ2n) is 10.5. The summed E-state index contributed by atoms with van der Waals surface area (Å²) in [6.07, 6.45) is 14.4. The lowest BCUT2D eigenvalue weighted by molar-refractivity contribution is -0.133. The molecule has 1 heterocycles. The molecule has 1 amide bonds. The number of likely N-dealkylation sites (N-methyl/N-ethyl adjacent to an activating group) is 1. The van der Waals surface area contributed by atoms with Gasteiger partial charge in [0.15, 0.2) is 0 Å². The minimum atomic E-state index is -0.298. The van der Waals surface area contributed by atoms with Gasteiger partial charge in [-0.15, -0.1) is 0 Å². The number of fused-ring (bicyclic) bond motifs is 1. The molecule has 0 aliphatic rings. The first kappa shape index (κ1) is 31.3. The first-order valence-corrected chi connectivity index (χ1v) is 14.8. The Hall–Kier alpha value is -1.92. The lowest BCUT2D eigenvalue weighted by atomic mass is 10.0. The quantitative estimate of drug-likeness (QED) is 0.190. The third-order valence-corrected chi connectivity index (χ3v) is 7.44. The van der Waals surface area contributed by atoms with Crippen LogP contribution in [0.25, 0.3) is 10.9 Å². The van der Waals surface area contributed by atoms with Gasteiger partial charge in [0.25, 0.3) is 5.56 Å². The molecule has 2 rings (SSSR count). The van der Waals surface area contributed by atoms with Crippen LogP contribution in [-0.4, -0.2) is 52.4 Å². The molecule has 6 nitrogen and oxygen atoms in total. The van der Waals surface area contributed by atoms with Crippen LogP contribution in [-0.2, 0) is 11.3 Å². The maximum atomic E-state index is 13.4. The molecule has 0 bridgehead atoms. The van der Waals surface area contributed by atoms with Crippen LogP contribution in [0.1, 0.15) is 110 Å². The highest BCUT2D eigenvalue weighted by atomic mass is 35.5. The highest BCUT2D eigenvalue weighted by molar-refractivity contribution is 6.31. The first-order chi connectivity index (χ1) is 17.8. The van der Waals surface area contributed by atoms with Crippen LogP contribution in [0, 0.1) is 0 Å². The van der Waals surface area contributed by atoms with Crippen LogP contribution in [0.2, 0.25) is 5.02 Å². The first-order valence-electron chi connectivity index (χ1n) is 14.4. The fraction of sp³-hybridized carbons (Fsp3) is 0.700. The SMILES string of the molecule is CCCCCCCCCCCCCC(=O)N(CCN(C)C)C(C)c1nc2ccc(Cl)cc2c(=O)n1CC. The zero-order chi connectivity index (χ0) is 27.2. The number of benzene rings is 1. The molecule has 7 heteroatoms. The summed E-state index contributed by atoms with van der Waals surface area (Å²) in [6.45, 7) is 8.03. The molecular weight excluding hydrogens is 484 g/mol. The summed E-state index contributed by atoms with van der Waals surface area (Å²) >= 11 is 6.14.